The van der Waals surface area contributed by atoms with E-state index in [-0.39, 0.29) is 30.2 Å². The molecule has 3 heterocycles. The smallest absolute Gasteiger partial charge is 0.271 e. The summed E-state index contributed by atoms with van der Waals surface area (Å²) in [4.78, 5) is 28.9. The Morgan fingerprint density at radius 2 is 1.97 bits per heavy atom. The molecular weight excluding hydrogens is 425 g/mol. The molecule has 1 atom stereocenters. The number of benzene rings is 1. The first-order chi connectivity index (χ1) is 15.4. The largest absolute Gasteiger partial charge is 0.351 e. The van der Waals surface area contributed by atoms with Crippen molar-refractivity contribution in [2.75, 3.05) is 0 Å². The van der Waals surface area contributed by atoms with Gasteiger partial charge in [-0.1, -0.05) is 25.1 Å². The number of hydrogen-bond acceptors (Lipinski definition) is 3. The van der Waals surface area contributed by atoms with Crippen molar-refractivity contribution in [2.45, 2.75) is 64.2 Å². The van der Waals surface area contributed by atoms with Gasteiger partial charge < -0.3 is 14.8 Å². The van der Waals surface area contributed by atoms with Crippen LogP contribution in [0.25, 0.3) is 10.2 Å². The molecule has 1 aliphatic carbocycles. The van der Waals surface area contributed by atoms with Crippen LogP contribution in [-0.2, 0) is 17.9 Å². The van der Waals surface area contributed by atoms with Gasteiger partial charge >= 0.3 is 0 Å². The van der Waals surface area contributed by atoms with Crippen molar-refractivity contribution >= 4 is 33.4 Å². The van der Waals surface area contributed by atoms with Crippen LogP contribution < -0.4 is 5.32 Å². The highest BCUT2D eigenvalue weighted by Crippen LogP contribution is 2.36. The first kappa shape index (κ1) is 21.2. The summed E-state index contributed by atoms with van der Waals surface area (Å²) in [7, 11) is 0. The monoisotopic (exact) mass is 453 g/mol. The van der Waals surface area contributed by atoms with E-state index in [1.54, 1.807) is 34.4 Å². The summed E-state index contributed by atoms with van der Waals surface area (Å²) in [6.07, 6.45) is 4.09. The van der Waals surface area contributed by atoms with Crippen LogP contribution in [0.5, 0.6) is 0 Å². The van der Waals surface area contributed by atoms with Gasteiger partial charge in [0.15, 0.2) is 0 Å². The third kappa shape index (κ3) is 3.52. The van der Waals surface area contributed by atoms with Gasteiger partial charge in [-0.25, -0.2) is 4.39 Å². The van der Waals surface area contributed by atoms with Crippen molar-refractivity contribution in [2.24, 2.45) is 5.92 Å². The number of fused-ring (bicyclic) bond motifs is 3. The van der Waals surface area contributed by atoms with Gasteiger partial charge in [-0.3, -0.25) is 9.59 Å². The van der Waals surface area contributed by atoms with Crippen LogP contribution in [0, 0.1) is 11.7 Å². The number of nitrogens with one attached hydrogen (secondary N) is 1. The van der Waals surface area contributed by atoms with Crippen LogP contribution in [0.2, 0.25) is 0 Å². The van der Waals surface area contributed by atoms with E-state index in [9.17, 15) is 14.0 Å². The molecule has 7 heteroatoms. The Hall–Kier alpha value is -2.67. The van der Waals surface area contributed by atoms with Crippen LogP contribution in [-0.4, -0.2) is 32.9 Å². The van der Waals surface area contributed by atoms with E-state index >= 15 is 0 Å². The Morgan fingerprint density at radius 1 is 1.22 bits per heavy atom. The van der Waals surface area contributed by atoms with E-state index in [1.165, 1.54) is 6.07 Å². The predicted octanol–water partition coefficient (Wildman–Crippen LogP) is 4.95. The maximum atomic E-state index is 14.5. The molecule has 0 bridgehead atoms. The fourth-order valence-electron chi connectivity index (χ4n) is 5.06. The summed E-state index contributed by atoms with van der Waals surface area (Å²) in [6, 6.07) is 10.4. The molecule has 32 heavy (non-hydrogen) atoms. The Labute approximate surface area is 191 Å². The zero-order valence-electron chi connectivity index (χ0n) is 18.4. The van der Waals surface area contributed by atoms with E-state index in [4.69, 9.17) is 0 Å². The topological polar surface area (TPSA) is 54.3 Å². The van der Waals surface area contributed by atoms with Crippen LogP contribution in [0.15, 0.2) is 41.8 Å². The lowest BCUT2D eigenvalue weighted by molar-refractivity contribution is -0.134. The van der Waals surface area contributed by atoms with E-state index in [1.807, 2.05) is 29.0 Å². The van der Waals surface area contributed by atoms with Crippen molar-refractivity contribution in [1.82, 2.24) is 14.8 Å². The molecule has 1 unspecified atom stereocenters. The van der Waals surface area contributed by atoms with E-state index in [0.717, 1.165) is 35.9 Å². The molecule has 0 saturated heterocycles. The predicted molar refractivity (Wildman–Crippen MR) is 124 cm³/mol. The summed E-state index contributed by atoms with van der Waals surface area (Å²) in [6.45, 7) is 4.45. The van der Waals surface area contributed by atoms with E-state index in [2.05, 4.69) is 12.2 Å². The van der Waals surface area contributed by atoms with Crippen molar-refractivity contribution < 1.29 is 14.0 Å². The van der Waals surface area contributed by atoms with Crippen LogP contribution >= 0.6 is 11.3 Å². The van der Waals surface area contributed by atoms with E-state index < -0.39 is 5.54 Å². The quantitative estimate of drug-likeness (QED) is 0.608. The number of aromatic nitrogens is 1. The highest BCUT2D eigenvalue weighted by atomic mass is 32.1. The van der Waals surface area contributed by atoms with Crippen molar-refractivity contribution in [3.05, 3.63) is 58.9 Å². The third-order valence-electron chi connectivity index (χ3n) is 7.18. The highest BCUT2D eigenvalue weighted by molar-refractivity contribution is 7.17. The second kappa shape index (κ2) is 8.03. The van der Waals surface area contributed by atoms with Gasteiger partial charge in [0.05, 0.1) is 23.3 Å². The molecule has 1 aliphatic heterocycles. The molecule has 5 nitrogen and oxygen atoms in total. The zero-order valence-corrected chi connectivity index (χ0v) is 19.3. The number of hydrogen-bond donors (Lipinski definition) is 1. The Kier molecular flexibility index (Phi) is 5.32. The Morgan fingerprint density at radius 3 is 2.72 bits per heavy atom. The lowest BCUT2D eigenvalue weighted by Gasteiger charge is -2.45. The number of rotatable bonds is 4. The summed E-state index contributed by atoms with van der Waals surface area (Å²) >= 11 is 1.58. The van der Waals surface area contributed by atoms with Gasteiger partial charge in [0.25, 0.3) is 5.91 Å². The highest BCUT2D eigenvalue weighted by Gasteiger charge is 2.48. The molecule has 0 spiro atoms. The minimum atomic E-state index is -1.12. The molecule has 168 valence electrons. The van der Waals surface area contributed by atoms with Gasteiger partial charge in [0, 0.05) is 11.6 Å². The lowest BCUT2D eigenvalue weighted by atomic mass is 9.86. The minimum absolute atomic E-state index is 0.0515. The fourth-order valence-corrected chi connectivity index (χ4v) is 5.89. The zero-order chi connectivity index (χ0) is 22.5. The molecule has 1 N–H and O–H groups in total. The first-order valence-corrected chi connectivity index (χ1v) is 12.2. The second-order valence-corrected chi connectivity index (χ2v) is 10.4. The molecule has 2 aromatic heterocycles. The van der Waals surface area contributed by atoms with Gasteiger partial charge in [-0.15, -0.1) is 11.3 Å². The van der Waals surface area contributed by atoms with Crippen molar-refractivity contribution in [3.63, 3.8) is 0 Å². The molecule has 2 aliphatic rings. The molecule has 0 radical (unpaired) electrons. The number of carbonyl (C=O) groups excluding carboxylic acids is 2. The Bertz CT molecular complexity index is 1180. The number of nitrogens with zero attached hydrogens (tertiary/aromatic N) is 2. The SMILES string of the molecule is CC1CCC(NC(=O)C2(C)Cn3c(cc4sccc43)C(=O)N2Cc2ccccc2F)CC1. The van der Waals surface area contributed by atoms with Crippen molar-refractivity contribution in [1.29, 1.82) is 0 Å². The summed E-state index contributed by atoms with van der Waals surface area (Å²) in [5, 5.41) is 5.22. The summed E-state index contributed by atoms with van der Waals surface area (Å²) in [5.41, 5.74) is 0.811. The number of halogens is 1. The molecule has 1 aromatic carbocycles. The van der Waals surface area contributed by atoms with Crippen LogP contribution in [0.4, 0.5) is 4.39 Å². The second-order valence-electron chi connectivity index (χ2n) is 9.47. The maximum Gasteiger partial charge on any atom is 0.271 e. The molecule has 1 saturated carbocycles. The van der Waals surface area contributed by atoms with Gasteiger partial charge in [0.2, 0.25) is 5.91 Å². The summed E-state index contributed by atoms with van der Waals surface area (Å²) < 4.78 is 17.5. The minimum Gasteiger partial charge on any atom is -0.351 e. The van der Waals surface area contributed by atoms with E-state index in [0.29, 0.717) is 23.7 Å². The molecule has 3 aromatic rings. The molecule has 2 amide bonds. The number of thiophene rings is 1. The normalized spacial score (nSPS) is 25.7. The molecule has 1 fully saturated rings. The molecular formula is C25H28FN3O2S. The molecule has 5 rings (SSSR count). The maximum absolute atomic E-state index is 14.5. The standard InChI is InChI=1S/C25H28FN3O2S/c1-16-7-9-18(10-8-16)27-24(31)25(2)15-28-20-11-12-32-22(20)13-21(28)23(30)29(25)14-17-5-3-4-6-19(17)26/h3-6,11-13,16,18H,7-10,14-15H2,1-2H3,(H,27,31). The fraction of sp³-hybridized carbons (Fsp3) is 0.440. The third-order valence-corrected chi connectivity index (χ3v) is 8.03. The summed E-state index contributed by atoms with van der Waals surface area (Å²) in [5.74, 6) is -0.0876. The van der Waals surface area contributed by atoms with Gasteiger partial charge in [0.1, 0.15) is 17.1 Å². The van der Waals surface area contributed by atoms with Crippen LogP contribution in [0.1, 0.15) is 55.6 Å². The Balaban J connectivity index is 1.52. The van der Waals surface area contributed by atoms with Crippen LogP contribution in [0.3, 0.4) is 0 Å². The van der Waals surface area contributed by atoms with Gasteiger partial charge in [-0.05, 0) is 62.1 Å². The lowest BCUT2D eigenvalue weighted by Crippen LogP contribution is -2.64. The first-order valence-electron chi connectivity index (χ1n) is 11.3. The average molecular weight is 454 g/mol. The number of amides is 2. The van der Waals surface area contributed by atoms with Gasteiger partial charge in [-0.2, -0.15) is 0 Å². The average Bonchev–Trinajstić information content (AvgIpc) is 3.36. The number of carbonyl (C=O) groups is 2. The van der Waals surface area contributed by atoms with Crippen molar-refractivity contribution in [3.8, 4) is 0 Å².